The second-order valence-corrected chi connectivity index (χ2v) is 8.00. The van der Waals surface area contributed by atoms with Crippen LogP contribution in [0.15, 0.2) is 30.6 Å². The first-order valence-corrected chi connectivity index (χ1v) is 9.94. The highest BCUT2D eigenvalue weighted by Crippen LogP contribution is 2.33. The van der Waals surface area contributed by atoms with Gasteiger partial charge in [0.1, 0.15) is 11.6 Å². The van der Waals surface area contributed by atoms with Gasteiger partial charge >= 0.3 is 5.97 Å². The molecule has 4 rings (SSSR count). The lowest BCUT2D eigenvalue weighted by molar-refractivity contribution is 0.0445. The summed E-state index contributed by atoms with van der Waals surface area (Å²) in [6.45, 7) is 8.60. The predicted molar refractivity (Wildman–Crippen MR) is 114 cm³/mol. The molecule has 1 aliphatic rings. The van der Waals surface area contributed by atoms with Gasteiger partial charge in [-0.05, 0) is 49.9 Å². The number of aromatic nitrogens is 3. The van der Waals surface area contributed by atoms with Crippen molar-refractivity contribution in [3.8, 4) is 5.88 Å². The lowest BCUT2D eigenvalue weighted by Gasteiger charge is -2.22. The molecule has 0 spiro atoms. The summed E-state index contributed by atoms with van der Waals surface area (Å²) in [6.07, 6.45) is 3.48. The number of nitrogens with one attached hydrogen (secondary N) is 1. The molecule has 8 heteroatoms. The molecule has 0 aliphatic carbocycles. The van der Waals surface area contributed by atoms with E-state index in [4.69, 9.17) is 15.2 Å². The summed E-state index contributed by atoms with van der Waals surface area (Å²) in [5, 5.41) is 4.95. The van der Waals surface area contributed by atoms with Gasteiger partial charge in [0.05, 0.1) is 29.9 Å². The van der Waals surface area contributed by atoms with Gasteiger partial charge in [-0.15, -0.1) is 0 Å². The average Bonchev–Trinajstić information content (AvgIpc) is 2.70. The van der Waals surface area contributed by atoms with Gasteiger partial charge < -0.3 is 20.5 Å². The molecule has 3 aromatic heterocycles. The number of ether oxygens (including phenoxy) is 2. The minimum Gasteiger partial charge on any atom is -0.477 e. The van der Waals surface area contributed by atoms with Crippen molar-refractivity contribution in [1.29, 1.82) is 0 Å². The van der Waals surface area contributed by atoms with Crippen LogP contribution in [0.2, 0.25) is 0 Å². The summed E-state index contributed by atoms with van der Waals surface area (Å²) in [4.78, 5) is 25.5. The third kappa shape index (κ3) is 3.66. The summed E-state index contributed by atoms with van der Waals surface area (Å²) < 4.78 is 10.8. The fourth-order valence-corrected chi connectivity index (χ4v) is 3.53. The van der Waals surface area contributed by atoms with Crippen molar-refractivity contribution >= 4 is 28.4 Å². The number of carbonyl (C=O) groups excluding carboxylic acids is 1. The maximum Gasteiger partial charge on any atom is 0.340 e. The van der Waals surface area contributed by atoms with Gasteiger partial charge in [-0.2, -0.15) is 0 Å². The van der Waals surface area contributed by atoms with Crippen LogP contribution in [0.25, 0.3) is 10.8 Å². The standard InChI is InChI=1S/C22H25N5O3/c1-5-29-20-15-9-24-18(8-14(15)16(10-25-20)22(3,4)23)26-17-7-6-13-19(27-17)12(2)11-30-21(13)28/h6-10,12H,5,11,23H2,1-4H3,(H,24,26,27)/t12-/m0/s1. The monoisotopic (exact) mass is 407 g/mol. The van der Waals surface area contributed by atoms with Crippen LogP contribution in [0.1, 0.15) is 55.2 Å². The van der Waals surface area contributed by atoms with E-state index in [1.54, 1.807) is 24.5 Å². The Kier molecular flexibility index (Phi) is 5.03. The summed E-state index contributed by atoms with van der Waals surface area (Å²) >= 11 is 0. The predicted octanol–water partition coefficient (Wildman–Crippen LogP) is 3.63. The largest absolute Gasteiger partial charge is 0.477 e. The van der Waals surface area contributed by atoms with E-state index in [1.807, 2.05) is 33.8 Å². The first kappa shape index (κ1) is 20.0. The second-order valence-electron chi connectivity index (χ2n) is 8.00. The lowest BCUT2D eigenvalue weighted by Crippen LogP contribution is -2.29. The number of pyridine rings is 3. The van der Waals surface area contributed by atoms with E-state index in [0.717, 1.165) is 22.0 Å². The highest BCUT2D eigenvalue weighted by atomic mass is 16.5. The van der Waals surface area contributed by atoms with Crippen LogP contribution in [0.4, 0.5) is 11.6 Å². The Bertz CT molecular complexity index is 1120. The first-order chi connectivity index (χ1) is 14.3. The summed E-state index contributed by atoms with van der Waals surface area (Å²) in [5.74, 6) is 1.44. The quantitative estimate of drug-likeness (QED) is 0.617. The van der Waals surface area contributed by atoms with Crippen molar-refractivity contribution in [2.75, 3.05) is 18.5 Å². The molecule has 0 radical (unpaired) electrons. The molecule has 3 N–H and O–H groups in total. The van der Waals surface area contributed by atoms with Gasteiger partial charge in [0, 0.05) is 23.9 Å². The number of hydrogen-bond donors (Lipinski definition) is 2. The van der Waals surface area contributed by atoms with Gasteiger partial charge in [-0.3, -0.25) is 0 Å². The molecule has 1 aliphatic heterocycles. The number of hydrogen-bond acceptors (Lipinski definition) is 8. The Balaban J connectivity index is 1.75. The van der Waals surface area contributed by atoms with Crippen LogP contribution >= 0.6 is 0 Å². The van der Waals surface area contributed by atoms with Gasteiger partial charge in [0.15, 0.2) is 0 Å². The van der Waals surface area contributed by atoms with Gasteiger partial charge in [0.25, 0.3) is 0 Å². The smallest absolute Gasteiger partial charge is 0.340 e. The maximum atomic E-state index is 11.9. The lowest BCUT2D eigenvalue weighted by atomic mass is 9.93. The minimum atomic E-state index is -0.589. The van der Waals surface area contributed by atoms with Crippen molar-refractivity contribution in [1.82, 2.24) is 15.0 Å². The Labute approximate surface area is 174 Å². The van der Waals surface area contributed by atoms with Crippen molar-refractivity contribution in [2.45, 2.75) is 39.2 Å². The van der Waals surface area contributed by atoms with Crippen molar-refractivity contribution in [3.05, 3.63) is 47.4 Å². The molecule has 0 saturated heterocycles. The van der Waals surface area contributed by atoms with Crippen molar-refractivity contribution < 1.29 is 14.3 Å². The molecule has 30 heavy (non-hydrogen) atoms. The number of nitrogens with two attached hydrogens (primary N) is 1. The van der Waals surface area contributed by atoms with Crippen molar-refractivity contribution in [3.63, 3.8) is 0 Å². The summed E-state index contributed by atoms with van der Waals surface area (Å²) in [6, 6.07) is 5.40. The topological polar surface area (TPSA) is 112 Å². The Morgan fingerprint density at radius 1 is 1.23 bits per heavy atom. The van der Waals surface area contributed by atoms with E-state index in [2.05, 4.69) is 20.3 Å². The molecular formula is C22H25N5O3. The number of anilines is 2. The first-order valence-electron chi connectivity index (χ1n) is 9.94. The van der Waals surface area contributed by atoms with E-state index >= 15 is 0 Å². The molecule has 4 heterocycles. The van der Waals surface area contributed by atoms with E-state index in [9.17, 15) is 4.79 Å². The van der Waals surface area contributed by atoms with Gasteiger partial charge in [-0.25, -0.2) is 19.7 Å². The number of rotatable bonds is 5. The number of fused-ring (bicyclic) bond motifs is 2. The minimum absolute atomic E-state index is 0.0356. The zero-order valence-electron chi connectivity index (χ0n) is 17.5. The fourth-order valence-electron chi connectivity index (χ4n) is 3.53. The average molecular weight is 407 g/mol. The molecule has 0 amide bonds. The normalized spacial score (nSPS) is 16.2. The number of esters is 1. The van der Waals surface area contributed by atoms with Crippen LogP contribution in [-0.2, 0) is 10.3 Å². The Morgan fingerprint density at radius 3 is 2.77 bits per heavy atom. The van der Waals surface area contributed by atoms with Crippen LogP contribution in [0.3, 0.4) is 0 Å². The molecule has 0 bridgehead atoms. The highest BCUT2D eigenvalue weighted by Gasteiger charge is 2.26. The number of cyclic esters (lactones) is 1. The van der Waals surface area contributed by atoms with E-state index in [1.165, 1.54) is 0 Å². The summed E-state index contributed by atoms with van der Waals surface area (Å²) in [5.41, 5.74) is 7.91. The zero-order valence-corrected chi connectivity index (χ0v) is 17.5. The number of carbonyl (C=O) groups is 1. The molecule has 3 aromatic rings. The van der Waals surface area contributed by atoms with Gasteiger partial charge in [-0.1, -0.05) is 6.92 Å². The van der Waals surface area contributed by atoms with Crippen LogP contribution < -0.4 is 15.8 Å². The van der Waals surface area contributed by atoms with E-state index in [0.29, 0.717) is 36.3 Å². The Hall–Kier alpha value is -3.26. The molecule has 0 unspecified atom stereocenters. The fraction of sp³-hybridized carbons (Fsp3) is 0.364. The van der Waals surface area contributed by atoms with Crippen LogP contribution in [0, 0.1) is 0 Å². The molecule has 8 nitrogen and oxygen atoms in total. The maximum absolute atomic E-state index is 11.9. The number of nitrogens with zero attached hydrogens (tertiary/aromatic N) is 3. The molecule has 0 saturated carbocycles. The Morgan fingerprint density at radius 2 is 2.03 bits per heavy atom. The molecule has 1 atom stereocenters. The van der Waals surface area contributed by atoms with E-state index in [-0.39, 0.29) is 11.9 Å². The van der Waals surface area contributed by atoms with Crippen LogP contribution in [0.5, 0.6) is 5.88 Å². The van der Waals surface area contributed by atoms with Gasteiger partial charge in [0.2, 0.25) is 5.88 Å². The highest BCUT2D eigenvalue weighted by molar-refractivity contribution is 5.93. The molecule has 0 fully saturated rings. The molecular weight excluding hydrogens is 382 g/mol. The van der Waals surface area contributed by atoms with Crippen molar-refractivity contribution in [2.24, 2.45) is 5.73 Å². The third-order valence-electron chi connectivity index (χ3n) is 5.04. The molecule has 0 aromatic carbocycles. The molecule has 156 valence electrons. The SMILES string of the molecule is CCOc1ncc(C(C)(C)N)c2cc(Nc3ccc4c(n3)[C@@H](C)COC4=O)ncc12. The summed E-state index contributed by atoms with van der Waals surface area (Å²) in [7, 11) is 0. The van der Waals surface area contributed by atoms with Crippen LogP contribution in [-0.4, -0.2) is 34.1 Å². The zero-order chi connectivity index (χ0) is 21.5. The second kappa shape index (κ2) is 7.53. The van der Waals surface area contributed by atoms with E-state index < -0.39 is 5.54 Å². The third-order valence-corrected chi connectivity index (χ3v) is 5.04.